The third-order valence-corrected chi connectivity index (χ3v) is 3.44. The van der Waals surface area contributed by atoms with E-state index in [1.165, 1.54) is 25.1 Å². The molecular weight excluding hydrogens is 325 g/mol. The van der Waals surface area contributed by atoms with Gasteiger partial charge < -0.3 is 0 Å². The summed E-state index contributed by atoms with van der Waals surface area (Å²) in [5, 5.41) is 17.5. The van der Waals surface area contributed by atoms with Crippen molar-refractivity contribution in [2.24, 2.45) is 0 Å². The minimum atomic E-state index is -4.67. The van der Waals surface area contributed by atoms with E-state index < -0.39 is 32.8 Å². The number of hydrogen-bond donors (Lipinski definition) is 1. The van der Waals surface area contributed by atoms with Crippen molar-refractivity contribution in [1.82, 2.24) is 10.2 Å². The van der Waals surface area contributed by atoms with E-state index in [1.54, 1.807) is 0 Å². The fraction of sp³-hybridized carbons (Fsp3) is 0.182. The molecule has 0 saturated carbocycles. The Hall–Kier alpha value is -2.56. The zero-order valence-corrected chi connectivity index (χ0v) is 11.7. The van der Waals surface area contributed by atoms with Gasteiger partial charge in [-0.1, -0.05) is 23.5 Å². The van der Waals surface area contributed by atoms with Gasteiger partial charge in [0, 0.05) is 5.56 Å². The van der Waals surface area contributed by atoms with Gasteiger partial charge >= 0.3 is 6.18 Å². The number of amides is 1. The van der Waals surface area contributed by atoms with Crippen LogP contribution in [-0.4, -0.2) is 21.0 Å². The lowest BCUT2D eigenvalue weighted by molar-refractivity contribution is -0.385. The van der Waals surface area contributed by atoms with E-state index in [2.05, 4.69) is 15.5 Å². The third-order valence-electron chi connectivity index (χ3n) is 2.55. The number of aromatic nitrogens is 2. The van der Waals surface area contributed by atoms with Crippen molar-refractivity contribution in [2.45, 2.75) is 13.1 Å². The number of carbonyl (C=O) groups excluding carboxylic acids is 1. The molecule has 116 valence electrons. The second-order valence-corrected chi connectivity index (χ2v) is 5.07. The molecular formula is C11H7F3N4O3S. The Morgan fingerprint density at radius 1 is 1.36 bits per heavy atom. The summed E-state index contributed by atoms with van der Waals surface area (Å²) >= 11 is 0.132. The van der Waals surface area contributed by atoms with Gasteiger partial charge in [0.1, 0.15) is 5.56 Å². The maximum Gasteiger partial charge on any atom is 0.445 e. The predicted octanol–water partition coefficient (Wildman–Crippen LogP) is 3.03. The van der Waals surface area contributed by atoms with E-state index >= 15 is 0 Å². The zero-order chi connectivity index (χ0) is 16.5. The van der Waals surface area contributed by atoms with Gasteiger partial charge in [-0.2, -0.15) is 13.2 Å². The number of carbonyl (C=O) groups is 1. The number of nitro groups is 1. The predicted molar refractivity (Wildman–Crippen MR) is 70.7 cm³/mol. The largest absolute Gasteiger partial charge is 0.445 e. The number of para-hydroxylation sites is 1. The SMILES string of the molecule is Cc1cccc(C(=O)Nc2nnc(C(F)(F)F)s2)c1[N+](=O)[O-]. The average molecular weight is 332 g/mol. The van der Waals surface area contributed by atoms with Crippen LogP contribution in [0.1, 0.15) is 20.9 Å². The van der Waals surface area contributed by atoms with Gasteiger partial charge in [-0.25, -0.2) is 0 Å². The minimum Gasteiger partial charge on any atom is -0.296 e. The smallest absolute Gasteiger partial charge is 0.296 e. The van der Waals surface area contributed by atoms with E-state index in [0.29, 0.717) is 0 Å². The minimum absolute atomic E-state index is 0.132. The number of nitrogens with zero attached hydrogens (tertiary/aromatic N) is 3. The van der Waals surface area contributed by atoms with Crippen LogP contribution in [0, 0.1) is 17.0 Å². The van der Waals surface area contributed by atoms with Crippen LogP contribution in [0.15, 0.2) is 18.2 Å². The highest BCUT2D eigenvalue weighted by atomic mass is 32.1. The Labute approximate surface area is 124 Å². The van der Waals surface area contributed by atoms with Crippen LogP contribution in [0.25, 0.3) is 0 Å². The number of benzene rings is 1. The first-order valence-corrected chi connectivity index (χ1v) is 6.48. The van der Waals surface area contributed by atoms with Gasteiger partial charge in [-0.05, 0) is 13.0 Å². The van der Waals surface area contributed by atoms with E-state index in [4.69, 9.17) is 0 Å². The fourth-order valence-electron chi connectivity index (χ4n) is 1.64. The first-order chi connectivity index (χ1) is 10.2. The summed E-state index contributed by atoms with van der Waals surface area (Å²) in [5.41, 5.74) is -0.430. The Bertz CT molecular complexity index is 744. The lowest BCUT2D eigenvalue weighted by atomic mass is 10.1. The van der Waals surface area contributed by atoms with Gasteiger partial charge in [0.05, 0.1) is 4.92 Å². The quantitative estimate of drug-likeness (QED) is 0.688. The van der Waals surface area contributed by atoms with Crippen LogP contribution in [0.5, 0.6) is 0 Å². The second-order valence-electron chi connectivity index (χ2n) is 4.09. The number of nitro benzene ring substituents is 1. The normalized spacial score (nSPS) is 11.3. The van der Waals surface area contributed by atoms with Crippen LogP contribution in [0.2, 0.25) is 0 Å². The molecule has 1 N–H and O–H groups in total. The molecule has 2 rings (SSSR count). The molecule has 1 heterocycles. The highest BCUT2D eigenvalue weighted by Gasteiger charge is 2.36. The van der Waals surface area contributed by atoms with Crippen LogP contribution >= 0.6 is 11.3 Å². The number of aryl methyl sites for hydroxylation is 1. The Kier molecular flexibility index (Phi) is 4.08. The Morgan fingerprint density at radius 2 is 2.05 bits per heavy atom. The molecule has 0 unspecified atom stereocenters. The molecule has 0 aliphatic rings. The molecule has 0 spiro atoms. The van der Waals surface area contributed by atoms with E-state index in [0.717, 1.165) is 0 Å². The Balaban J connectivity index is 2.29. The molecule has 2 aromatic rings. The molecule has 0 aliphatic heterocycles. The summed E-state index contributed by atoms with van der Waals surface area (Å²) in [6.07, 6.45) is -4.67. The maximum absolute atomic E-state index is 12.4. The first kappa shape index (κ1) is 15.8. The zero-order valence-electron chi connectivity index (χ0n) is 10.8. The number of halogens is 3. The summed E-state index contributed by atoms with van der Waals surface area (Å²) in [6.45, 7) is 1.45. The third kappa shape index (κ3) is 3.19. The van der Waals surface area contributed by atoms with Crippen LogP contribution < -0.4 is 5.32 Å². The molecule has 7 nitrogen and oxygen atoms in total. The molecule has 0 atom stereocenters. The van der Waals surface area contributed by atoms with Crippen LogP contribution in [0.4, 0.5) is 24.0 Å². The van der Waals surface area contributed by atoms with Crippen molar-refractivity contribution in [1.29, 1.82) is 0 Å². The molecule has 1 aromatic heterocycles. The average Bonchev–Trinajstić information content (AvgIpc) is 2.86. The molecule has 1 amide bonds. The summed E-state index contributed by atoms with van der Waals surface area (Å²) in [4.78, 5) is 22.2. The number of rotatable bonds is 3. The van der Waals surface area contributed by atoms with Crippen molar-refractivity contribution >= 4 is 28.1 Å². The van der Waals surface area contributed by atoms with Crippen molar-refractivity contribution in [3.05, 3.63) is 44.4 Å². The monoisotopic (exact) mass is 332 g/mol. The topological polar surface area (TPSA) is 98.0 Å². The van der Waals surface area contributed by atoms with Crippen molar-refractivity contribution in [3.63, 3.8) is 0 Å². The number of hydrogen-bond acceptors (Lipinski definition) is 6. The molecule has 0 bridgehead atoms. The molecule has 0 fully saturated rings. The van der Waals surface area contributed by atoms with Crippen molar-refractivity contribution in [2.75, 3.05) is 5.32 Å². The molecule has 0 radical (unpaired) electrons. The van der Waals surface area contributed by atoms with E-state index in [1.807, 2.05) is 0 Å². The van der Waals surface area contributed by atoms with E-state index in [9.17, 15) is 28.1 Å². The molecule has 11 heteroatoms. The maximum atomic E-state index is 12.4. The van der Waals surface area contributed by atoms with Gasteiger partial charge in [-0.15, -0.1) is 10.2 Å². The molecule has 22 heavy (non-hydrogen) atoms. The van der Waals surface area contributed by atoms with Crippen LogP contribution in [-0.2, 0) is 6.18 Å². The number of alkyl halides is 3. The van der Waals surface area contributed by atoms with E-state index in [-0.39, 0.29) is 22.5 Å². The number of nitrogens with one attached hydrogen (secondary N) is 1. The van der Waals surface area contributed by atoms with Crippen molar-refractivity contribution < 1.29 is 22.9 Å². The highest BCUT2D eigenvalue weighted by Crippen LogP contribution is 2.33. The summed E-state index contributed by atoms with van der Waals surface area (Å²) in [6, 6.07) is 4.08. The summed E-state index contributed by atoms with van der Waals surface area (Å²) in [5.74, 6) is -0.930. The molecule has 1 aromatic carbocycles. The first-order valence-electron chi connectivity index (χ1n) is 5.66. The van der Waals surface area contributed by atoms with Crippen LogP contribution in [0.3, 0.4) is 0 Å². The summed E-state index contributed by atoms with van der Waals surface area (Å²) < 4.78 is 37.2. The second kappa shape index (κ2) is 5.67. The van der Waals surface area contributed by atoms with Crippen molar-refractivity contribution in [3.8, 4) is 0 Å². The highest BCUT2D eigenvalue weighted by molar-refractivity contribution is 7.15. The molecule has 0 aliphatic carbocycles. The lowest BCUT2D eigenvalue weighted by Crippen LogP contribution is -2.14. The standard InChI is InChI=1S/C11H7F3N4O3S/c1-5-3-2-4-6(7(5)18(20)21)8(19)15-10-17-16-9(22-10)11(12,13)14/h2-4H,1H3,(H,15,17,19). The lowest BCUT2D eigenvalue weighted by Gasteiger charge is -2.04. The van der Waals surface area contributed by atoms with Gasteiger partial charge in [0.2, 0.25) is 10.1 Å². The Morgan fingerprint density at radius 3 is 2.59 bits per heavy atom. The fourth-order valence-corrected chi connectivity index (χ4v) is 2.24. The molecule has 0 saturated heterocycles. The van der Waals surface area contributed by atoms with Gasteiger partial charge in [0.25, 0.3) is 11.6 Å². The summed E-state index contributed by atoms with van der Waals surface area (Å²) in [7, 11) is 0. The number of anilines is 1. The van der Waals surface area contributed by atoms with Gasteiger partial charge in [-0.3, -0.25) is 20.2 Å². The van der Waals surface area contributed by atoms with Gasteiger partial charge in [0.15, 0.2) is 0 Å².